The van der Waals surface area contributed by atoms with E-state index in [4.69, 9.17) is 0 Å². The average molecular weight is 249 g/mol. The first kappa shape index (κ1) is 13.6. The zero-order valence-electron chi connectivity index (χ0n) is 11.8. The van der Waals surface area contributed by atoms with Gasteiger partial charge < -0.3 is 10.3 Å². The monoisotopic (exact) mass is 249 g/mol. The standard InChI is InChI=1S/C15H27N3/c1-3-12-6-5-7-13(9-8-12)18-14(4-2)15-16-10-11-17-15/h10-14,18H,3-9H2,1-2H3,(H,16,17). The summed E-state index contributed by atoms with van der Waals surface area (Å²) in [5, 5.41) is 3.80. The van der Waals surface area contributed by atoms with Crippen LogP contribution in [0.2, 0.25) is 0 Å². The minimum absolute atomic E-state index is 0.392. The van der Waals surface area contributed by atoms with Crippen LogP contribution < -0.4 is 5.32 Å². The molecular weight excluding hydrogens is 222 g/mol. The van der Waals surface area contributed by atoms with Crippen molar-refractivity contribution in [1.29, 1.82) is 0 Å². The number of aromatic nitrogens is 2. The number of rotatable bonds is 5. The van der Waals surface area contributed by atoms with Gasteiger partial charge in [0.25, 0.3) is 0 Å². The second kappa shape index (κ2) is 6.93. The van der Waals surface area contributed by atoms with Crippen molar-refractivity contribution in [3.8, 4) is 0 Å². The Hall–Kier alpha value is -0.830. The zero-order chi connectivity index (χ0) is 12.8. The Labute approximate surface area is 111 Å². The summed E-state index contributed by atoms with van der Waals surface area (Å²) in [4.78, 5) is 7.63. The summed E-state index contributed by atoms with van der Waals surface area (Å²) in [6, 6.07) is 1.07. The maximum absolute atomic E-state index is 4.39. The molecule has 2 rings (SSSR count). The molecule has 1 heterocycles. The second-order valence-corrected chi connectivity index (χ2v) is 5.58. The SMILES string of the molecule is CCC1CCCC(NC(CC)c2ncc[nH]2)CC1. The predicted octanol–water partition coefficient (Wildman–Crippen LogP) is 3.81. The minimum Gasteiger partial charge on any atom is -0.347 e. The molecule has 18 heavy (non-hydrogen) atoms. The summed E-state index contributed by atoms with van der Waals surface area (Å²) < 4.78 is 0. The molecule has 1 saturated carbocycles. The number of nitrogens with zero attached hydrogens (tertiary/aromatic N) is 1. The Kier molecular flexibility index (Phi) is 5.24. The fourth-order valence-electron chi connectivity index (χ4n) is 3.10. The van der Waals surface area contributed by atoms with Gasteiger partial charge in [-0.2, -0.15) is 0 Å². The molecule has 3 atom stereocenters. The maximum Gasteiger partial charge on any atom is 0.123 e. The molecule has 2 N–H and O–H groups in total. The first-order valence-corrected chi connectivity index (χ1v) is 7.58. The maximum atomic E-state index is 4.39. The summed E-state index contributed by atoms with van der Waals surface area (Å²) in [6.07, 6.45) is 13.1. The van der Waals surface area contributed by atoms with Crippen LogP contribution in [0.15, 0.2) is 12.4 Å². The third-order valence-corrected chi connectivity index (χ3v) is 4.36. The van der Waals surface area contributed by atoms with Gasteiger partial charge in [-0.1, -0.05) is 33.1 Å². The van der Waals surface area contributed by atoms with Crippen molar-refractivity contribution >= 4 is 0 Å². The zero-order valence-corrected chi connectivity index (χ0v) is 11.8. The van der Waals surface area contributed by atoms with E-state index in [2.05, 4.69) is 29.1 Å². The van der Waals surface area contributed by atoms with E-state index in [1.807, 2.05) is 12.4 Å². The lowest BCUT2D eigenvalue weighted by Gasteiger charge is -2.22. The summed E-state index contributed by atoms with van der Waals surface area (Å²) in [7, 11) is 0. The Morgan fingerprint density at radius 3 is 2.89 bits per heavy atom. The molecule has 3 unspecified atom stereocenters. The van der Waals surface area contributed by atoms with E-state index in [1.54, 1.807) is 0 Å². The van der Waals surface area contributed by atoms with Gasteiger partial charge in [0.2, 0.25) is 0 Å². The summed E-state index contributed by atoms with van der Waals surface area (Å²) in [6.45, 7) is 4.56. The molecule has 3 heteroatoms. The van der Waals surface area contributed by atoms with Gasteiger partial charge in [0.15, 0.2) is 0 Å². The molecule has 0 amide bonds. The highest BCUT2D eigenvalue weighted by Crippen LogP contribution is 2.27. The quantitative estimate of drug-likeness (QED) is 0.779. The van der Waals surface area contributed by atoms with Gasteiger partial charge in [0.1, 0.15) is 5.82 Å². The number of hydrogen-bond acceptors (Lipinski definition) is 2. The van der Waals surface area contributed by atoms with Crippen LogP contribution >= 0.6 is 0 Å². The van der Waals surface area contributed by atoms with E-state index in [0.717, 1.165) is 18.2 Å². The number of nitrogens with one attached hydrogen (secondary N) is 2. The molecular formula is C15H27N3. The van der Waals surface area contributed by atoms with Crippen LogP contribution in [0.3, 0.4) is 0 Å². The number of H-pyrrole nitrogens is 1. The van der Waals surface area contributed by atoms with E-state index in [1.165, 1.54) is 38.5 Å². The topological polar surface area (TPSA) is 40.7 Å². The first-order valence-electron chi connectivity index (χ1n) is 7.58. The lowest BCUT2D eigenvalue weighted by Crippen LogP contribution is -2.32. The normalized spacial score (nSPS) is 26.8. The molecule has 0 radical (unpaired) electrons. The van der Waals surface area contributed by atoms with Crippen LogP contribution in [0.5, 0.6) is 0 Å². The van der Waals surface area contributed by atoms with Gasteiger partial charge in [-0.25, -0.2) is 4.98 Å². The number of aromatic amines is 1. The lowest BCUT2D eigenvalue weighted by atomic mass is 9.97. The van der Waals surface area contributed by atoms with Crippen molar-refractivity contribution in [2.75, 3.05) is 0 Å². The Bertz CT molecular complexity index is 320. The molecule has 1 aromatic heterocycles. The van der Waals surface area contributed by atoms with E-state index in [0.29, 0.717) is 12.1 Å². The molecule has 1 aliphatic carbocycles. The smallest absolute Gasteiger partial charge is 0.123 e. The Morgan fingerprint density at radius 2 is 2.22 bits per heavy atom. The molecule has 0 spiro atoms. The van der Waals surface area contributed by atoms with Crippen LogP contribution in [0.4, 0.5) is 0 Å². The van der Waals surface area contributed by atoms with Gasteiger partial charge in [0, 0.05) is 18.4 Å². The van der Waals surface area contributed by atoms with Crippen LogP contribution in [-0.4, -0.2) is 16.0 Å². The van der Waals surface area contributed by atoms with Gasteiger partial charge in [-0.15, -0.1) is 0 Å². The molecule has 0 saturated heterocycles. The molecule has 0 aromatic carbocycles. The molecule has 1 aromatic rings. The third kappa shape index (κ3) is 3.58. The van der Waals surface area contributed by atoms with Crippen molar-refractivity contribution in [2.24, 2.45) is 5.92 Å². The van der Waals surface area contributed by atoms with Crippen molar-refractivity contribution in [3.63, 3.8) is 0 Å². The molecule has 3 nitrogen and oxygen atoms in total. The molecule has 0 bridgehead atoms. The molecule has 0 aliphatic heterocycles. The van der Waals surface area contributed by atoms with E-state index in [9.17, 15) is 0 Å². The molecule has 1 fully saturated rings. The Morgan fingerprint density at radius 1 is 1.33 bits per heavy atom. The average Bonchev–Trinajstić information content (AvgIpc) is 2.83. The third-order valence-electron chi connectivity index (χ3n) is 4.36. The highest BCUT2D eigenvalue weighted by Gasteiger charge is 2.21. The molecule has 1 aliphatic rings. The first-order chi connectivity index (χ1) is 8.83. The van der Waals surface area contributed by atoms with Gasteiger partial charge in [-0.3, -0.25) is 0 Å². The van der Waals surface area contributed by atoms with Crippen molar-refractivity contribution < 1.29 is 0 Å². The van der Waals surface area contributed by atoms with Crippen LogP contribution in [0, 0.1) is 5.92 Å². The van der Waals surface area contributed by atoms with Crippen LogP contribution in [0.1, 0.15) is 70.7 Å². The minimum atomic E-state index is 0.392. The fourth-order valence-corrected chi connectivity index (χ4v) is 3.10. The lowest BCUT2D eigenvalue weighted by molar-refractivity contribution is 0.375. The van der Waals surface area contributed by atoms with Crippen molar-refractivity contribution in [3.05, 3.63) is 18.2 Å². The number of hydrogen-bond donors (Lipinski definition) is 2. The van der Waals surface area contributed by atoms with Gasteiger partial charge >= 0.3 is 0 Å². The van der Waals surface area contributed by atoms with Crippen molar-refractivity contribution in [2.45, 2.75) is 70.9 Å². The molecule has 102 valence electrons. The number of imidazole rings is 1. The summed E-state index contributed by atoms with van der Waals surface area (Å²) >= 11 is 0. The highest BCUT2D eigenvalue weighted by atomic mass is 15.0. The van der Waals surface area contributed by atoms with Crippen molar-refractivity contribution in [1.82, 2.24) is 15.3 Å². The largest absolute Gasteiger partial charge is 0.347 e. The highest BCUT2D eigenvalue weighted by molar-refractivity contribution is 4.96. The summed E-state index contributed by atoms with van der Waals surface area (Å²) in [5.41, 5.74) is 0. The van der Waals surface area contributed by atoms with Crippen LogP contribution in [0.25, 0.3) is 0 Å². The fraction of sp³-hybridized carbons (Fsp3) is 0.800. The van der Waals surface area contributed by atoms with Gasteiger partial charge in [0.05, 0.1) is 6.04 Å². The van der Waals surface area contributed by atoms with E-state index >= 15 is 0 Å². The predicted molar refractivity (Wildman–Crippen MR) is 75.4 cm³/mol. The Balaban J connectivity index is 1.88. The van der Waals surface area contributed by atoms with Crippen LogP contribution in [-0.2, 0) is 0 Å². The second-order valence-electron chi connectivity index (χ2n) is 5.58. The van der Waals surface area contributed by atoms with E-state index in [-0.39, 0.29) is 0 Å². The van der Waals surface area contributed by atoms with E-state index < -0.39 is 0 Å². The summed E-state index contributed by atoms with van der Waals surface area (Å²) in [5.74, 6) is 2.05. The van der Waals surface area contributed by atoms with Gasteiger partial charge in [-0.05, 0) is 31.6 Å².